The molecule has 0 saturated carbocycles. The van der Waals surface area contributed by atoms with Crippen LogP contribution in [0.25, 0.3) is 4.96 Å². The maximum Gasteiger partial charge on any atom is 0.306 e. The predicted molar refractivity (Wildman–Crippen MR) is 86.6 cm³/mol. The van der Waals surface area contributed by atoms with Crippen LogP contribution < -0.4 is 5.56 Å². The fourth-order valence-corrected chi connectivity index (χ4v) is 2.82. The van der Waals surface area contributed by atoms with E-state index in [2.05, 4.69) is 10.1 Å². The number of nitrogens with zero attached hydrogens (tertiary/aromatic N) is 3. The van der Waals surface area contributed by atoms with Gasteiger partial charge in [-0.25, -0.2) is 4.98 Å². The van der Waals surface area contributed by atoms with Crippen LogP contribution >= 0.6 is 11.3 Å². The van der Waals surface area contributed by atoms with Crippen LogP contribution in [0.5, 0.6) is 0 Å². The van der Waals surface area contributed by atoms with Gasteiger partial charge >= 0.3 is 5.97 Å². The summed E-state index contributed by atoms with van der Waals surface area (Å²) >= 11 is 1.34. The summed E-state index contributed by atoms with van der Waals surface area (Å²) in [5, 5.41) is 5.02. The van der Waals surface area contributed by atoms with Crippen LogP contribution in [0.3, 0.4) is 0 Å². The van der Waals surface area contributed by atoms with Crippen LogP contribution in [0.4, 0.5) is 0 Å². The van der Waals surface area contributed by atoms with Crippen molar-refractivity contribution in [2.45, 2.75) is 40.2 Å². The molecule has 0 atom stereocenters. The minimum atomic E-state index is -0.288. The molecule has 0 fully saturated rings. The summed E-state index contributed by atoms with van der Waals surface area (Å²) in [6.07, 6.45) is 0.989. The molecule has 0 amide bonds. The number of aromatic nitrogens is 3. The Morgan fingerprint density at radius 3 is 2.91 bits per heavy atom. The van der Waals surface area contributed by atoms with E-state index in [0.717, 1.165) is 5.01 Å². The Balaban J connectivity index is 2.07. The molecule has 0 aliphatic carbocycles. The van der Waals surface area contributed by atoms with Crippen LogP contribution in [0, 0.1) is 5.92 Å². The Kier molecular flexibility index (Phi) is 6.23. The molecule has 0 aliphatic rings. The number of esters is 1. The number of hydrogen-bond acceptors (Lipinski definition) is 7. The molecule has 0 radical (unpaired) electrons. The molecule has 0 aliphatic heterocycles. The van der Waals surface area contributed by atoms with Gasteiger partial charge in [0.1, 0.15) is 11.6 Å². The van der Waals surface area contributed by atoms with Gasteiger partial charge in [-0.05, 0) is 12.8 Å². The number of carbonyl (C=O) groups is 1. The first kappa shape index (κ1) is 17.6. The third kappa shape index (κ3) is 5.11. The van der Waals surface area contributed by atoms with Crippen LogP contribution in [-0.4, -0.2) is 33.8 Å². The molecular weight excluding hydrogens is 318 g/mol. The molecule has 7 nitrogen and oxygen atoms in total. The summed E-state index contributed by atoms with van der Waals surface area (Å²) in [4.78, 5) is 28.5. The van der Waals surface area contributed by atoms with E-state index in [9.17, 15) is 9.59 Å². The summed E-state index contributed by atoms with van der Waals surface area (Å²) in [5.41, 5.74) is 0.163. The molecule has 2 heterocycles. The smallest absolute Gasteiger partial charge is 0.306 e. The van der Waals surface area contributed by atoms with Gasteiger partial charge in [-0.1, -0.05) is 25.2 Å². The third-order valence-electron chi connectivity index (χ3n) is 2.96. The lowest BCUT2D eigenvalue weighted by Crippen LogP contribution is -2.17. The van der Waals surface area contributed by atoms with Gasteiger partial charge in [0.05, 0.1) is 12.3 Å². The van der Waals surface area contributed by atoms with E-state index in [1.807, 2.05) is 20.8 Å². The van der Waals surface area contributed by atoms with E-state index in [1.165, 1.54) is 21.9 Å². The van der Waals surface area contributed by atoms with Crippen LogP contribution in [0.2, 0.25) is 0 Å². The van der Waals surface area contributed by atoms with Crippen molar-refractivity contribution in [3.8, 4) is 0 Å². The maximum absolute atomic E-state index is 12.1. The Morgan fingerprint density at radius 2 is 2.22 bits per heavy atom. The topological polar surface area (TPSA) is 82.8 Å². The van der Waals surface area contributed by atoms with E-state index in [4.69, 9.17) is 9.47 Å². The van der Waals surface area contributed by atoms with Crippen molar-refractivity contribution in [3.05, 3.63) is 27.1 Å². The van der Waals surface area contributed by atoms with Gasteiger partial charge in [0.25, 0.3) is 5.56 Å². The Bertz CT molecular complexity index is 723. The summed E-state index contributed by atoms with van der Waals surface area (Å²) < 4.78 is 11.7. The molecule has 0 N–H and O–H groups in total. The fraction of sp³-hybridized carbons (Fsp3) is 0.600. The van der Waals surface area contributed by atoms with Crippen LogP contribution in [0.1, 0.15) is 37.9 Å². The van der Waals surface area contributed by atoms with E-state index < -0.39 is 0 Å². The number of ether oxygens (including phenoxy) is 2. The second-order valence-corrected chi connectivity index (χ2v) is 6.52. The van der Waals surface area contributed by atoms with Crippen molar-refractivity contribution in [3.63, 3.8) is 0 Å². The second kappa shape index (κ2) is 8.16. The molecule has 0 bridgehead atoms. The van der Waals surface area contributed by atoms with Gasteiger partial charge in [-0.2, -0.15) is 9.61 Å². The first-order chi connectivity index (χ1) is 11.0. The Hall–Kier alpha value is -1.80. The van der Waals surface area contributed by atoms with Crippen molar-refractivity contribution in [2.24, 2.45) is 5.92 Å². The minimum absolute atomic E-state index is 0.00344. The summed E-state index contributed by atoms with van der Waals surface area (Å²) in [6.45, 7) is 7.03. The number of hydrogen-bond donors (Lipinski definition) is 0. The first-order valence-electron chi connectivity index (χ1n) is 7.61. The lowest BCUT2D eigenvalue weighted by Gasteiger charge is -2.05. The lowest BCUT2D eigenvalue weighted by molar-refractivity contribution is -0.145. The van der Waals surface area contributed by atoms with Gasteiger partial charge in [-0.3, -0.25) is 9.59 Å². The SMILES string of the molecule is CCOCCc1nn2c(=O)cc(COC(=O)CC(C)C)nc2s1. The molecule has 0 aromatic carbocycles. The molecule has 8 heteroatoms. The molecule has 23 heavy (non-hydrogen) atoms. The number of rotatable bonds is 8. The zero-order chi connectivity index (χ0) is 16.8. The van der Waals surface area contributed by atoms with Crippen LogP contribution in [-0.2, 0) is 27.3 Å². The van der Waals surface area contributed by atoms with Crippen molar-refractivity contribution >= 4 is 22.3 Å². The number of fused-ring (bicyclic) bond motifs is 1. The van der Waals surface area contributed by atoms with Gasteiger partial charge in [0.15, 0.2) is 0 Å². The molecule has 0 saturated heterocycles. The van der Waals surface area contributed by atoms with E-state index in [1.54, 1.807) is 0 Å². The highest BCUT2D eigenvalue weighted by molar-refractivity contribution is 7.16. The van der Waals surface area contributed by atoms with Gasteiger partial charge in [0, 0.05) is 25.5 Å². The highest BCUT2D eigenvalue weighted by Gasteiger charge is 2.11. The summed E-state index contributed by atoms with van der Waals surface area (Å²) in [6, 6.07) is 1.35. The quantitative estimate of drug-likeness (QED) is 0.539. The molecule has 0 spiro atoms. The van der Waals surface area contributed by atoms with Crippen molar-refractivity contribution in [1.82, 2.24) is 14.6 Å². The summed E-state index contributed by atoms with van der Waals surface area (Å²) in [5.74, 6) is -0.0540. The third-order valence-corrected chi connectivity index (χ3v) is 3.93. The minimum Gasteiger partial charge on any atom is -0.459 e. The summed E-state index contributed by atoms with van der Waals surface area (Å²) in [7, 11) is 0. The van der Waals surface area contributed by atoms with E-state index in [0.29, 0.717) is 36.7 Å². The zero-order valence-corrected chi connectivity index (χ0v) is 14.4. The van der Waals surface area contributed by atoms with E-state index in [-0.39, 0.29) is 24.1 Å². The van der Waals surface area contributed by atoms with Crippen molar-refractivity contribution in [2.75, 3.05) is 13.2 Å². The molecule has 2 aromatic heterocycles. The van der Waals surface area contributed by atoms with Gasteiger partial charge in [0.2, 0.25) is 4.96 Å². The highest BCUT2D eigenvalue weighted by Crippen LogP contribution is 2.13. The van der Waals surface area contributed by atoms with Gasteiger partial charge < -0.3 is 9.47 Å². The fourth-order valence-electron chi connectivity index (χ4n) is 1.92. The normalized spacial score (nSPS) is 11.3. The van der Waals surface area contributed by atoms with E-state index >= 15 is 0 Å². The molecular formula is C15H21N3O4S. The lowest BCUT2D eigenvalue weighted by atomic mass is 10.1. The average Bonchev–Trinajstić information content (AvgIpc) is 2.88. The average molecular weight is 339 g/mol. The van der Waals surface area contributed by atoms with Crippen molar-refractivity contribution in [1.29, 1.82) is 0 Å². The second-order valence-electron chi connectivity index (χ2n) is 5.48. The van der Waals surface area contributed by atoms with Crippen molar-refractivity contribution < 1.29 is 14.3 Å². The Morgan fingerprint density at radius 1 is 1.43 bits per heavy atom. The van der Waals surface area contributed by atoms with Gasteiger partial charge in [-0.15, -0.1) is 0 Å². The molecule has 0 unspecified atom stereocenters. The predicted octanol–water partition coefficient (Wildman–Crippen LogP) is 1.82. The monoisotopic (exact) mass is 339 g/mol. The van der Waals surface area contributed by atoms with Crippen LogP contribution in [0.15, 0.2) is 10.9 Å². The maximum atomic E-state index is 12.1. The number of carbonyl (C=O) groups excluding carboxylic acids is 1. The molecule has 2 rings (SSSR count). The Labute approximate surface area is 138 Å². The molecule has 126 valence electrons. The highest BCUT2D eigenvalue weighted by atomic mass is 32.1. The first-order valence-corrected chi connectivity index (χ1v) is 8.43. The largest absolute Gasteiger partial charge is 0.459 e. The zero-order valence-electron chi connectivity index (χ0n) is 13.6. The standard InChI is InChI=1S/C15H21N3O4S/c1-4-21-6-5-12-17-18-13(19)8-11(16-15(18)23-12)9-22-14(20)7-10(2)3/h8,10H,4-7,9H2,1-3H3. The molecule has 2 aromatic rings.